The summed E-state index contributed by atoms with van der Waals surface area (Å²) >= 11 is 12.0. The molecule has 0 bridgehead atoms. The van der Waals surface area contributed by atoms with Crippen molar-refractivity contribution in [3.8, 4) is 11.6 Å². The summed E-state index contributed by atoms with van der Waals surface area (Å²) in [6.45, 7) is 6.24. The van der Waals surface area contributed by atoms with Crippen molar-refractivity contribution < 1.29 is 4.74 Å². The molecule has 4 nitrogen and oxygen atoms in total. The van der Waals surface area contributed by atoms with E-state index in [0.29, 0.717) is 22.5 Å². The number of aryl methyl sites for hydroxylation is 1. The molecule has 2 heterocycles. The highest BCUT2D eigenvalue weighted by molar-refractivity contribution is 6.42. The van der Waals surface area contributed by atoms with Crippen molar-refractivity contribution >= 4 is 35.6 Å². The van der Waals surface area contributed by atoms with Gasteiger partial charge in [0.25, 0.3) is 0 Å². The molecule has 0 amide bonds. The SMILES string of the molecule is Cc1cc(OCCCN2CCCC2)nn1-c1ccc(Cl)c(Cl)c1.Cl. The van der Waals surface area contributed by atoms with Crippen LogP contribution in [0.25, 0.3) is 5.69 Å². The van der Waals surface area contributed by atoms with Gasteiger partial charge in [0.05, 0.1) is 22.3 Å². The van der Waals surface area contributed by atoms with Gasteiger partial charge in [-0.25, -0.2) is 4.68 Å². The smallest absolute Gasteiger partial charge is 0.233 e. The van der Waals surface area contributed by atoms with Crippen LogP contribution in [-0.4, -0.2) is 40.9 Å². The molecule has 24 heavy (non-hydrogen) atoms. The van der Waals surface area contributed by atoms with Gasteiger partial charge in [-0.3, -0.25) is 0 Å². The molecule has 1 aliphatic heterocycles. The number of benzene rings is 1. The Morgan fingerprint density at radius 3 is 2.58 bits per heavy atom. The van der Waals surface area contributed by atoms with Gasteiger partial charge < -0.3 is 9.64 Å². The van der Waals surface area contributed by atoms with Gasteiger partial charge in [-0.2, -0.15) is 0 Å². The van der Waals surface area contributed by atoms with Gasteiger partial charge in [0, 0.05) is 18.3 Å². The minimum absolute atomic E-state index is 0. The lowest BCUT2D eigenvalue weighted by molar-refractivity contribution is 0.256. The summed E-state index contributed by atoms with van der Waals surface area (Å²) in [6, 6.07) is 7.42. The van der Waals surface area contributed by atoms with Crippen molar-refractivity contribution in [3.05, 3.63) is 40.0 Å². The molecule has 0 saturated carbocycles. The minimum atomic E-state index is 0. The zero-order chi connectivity index (χ0) is 16.2. The predicted molar refractivity (Wildman–Crippen MR) is 101 cm³/mol. The van der Waals surface area contributed by atoms with E-state index in [0.717, 1.165) is 24.3 Å². The number of ether oxygens (including phenoxy) is 1. The van der Waals surface area contributed by atoms with Crippen LogP contribution in [0.2, 0.25) is 10.0 Å². The van der Waals surface area contributed by atoms with Crippen molar-refractivity contribution in [2.24, 2.45) is 0 Å². The molecule has 2 aromatic rings. The maximum Gasteiger partial charge on any atom is 0.233 e. The Balaban J connectivity index is 0.00000208. The van der Waals surface area contributed by atoms with E-state index in [4.69, 9.17) is 27.9 Å². The van der Waals surface area contributed by atoms with Crippen LogP contribution in [0.3, 0.4) is 0 Å². The summed E-state index contributed by atoms with van der Waals surface area (Å²) < 4.78 is 7.60. The molecule has 1 fully saturated rings. The summed E-state index contributed by atoms with van der Waals surface area (Å²) in [4.78, 5) is 2.49. The monoisotopic (exact) mass is 389 g/mol. The highest BCUT2D eigenvalue weighted by Crippen LogP contribution is 2.25. The second kappa shape index (κ2) is 8.95. The Labute approximate surface area is 159 Å². The van der Waals surface area contributed by atoms with Crippen LogP contribution >= 0.6 is 35.6 Å². The van der Waals surface area contributed by atoms with E-state index in [-0.39, 0.29) is 12.4 Å². The van der Waals surface area contributed by atoms with E-state index >= 15 is 0 Å². The van der Waals surface area contributed by atoms with Crippen molar-refractivity contribution in [3.63, 3.8) is 0 Å². The van der Waals surface area contributed by atoms with Crippen LogP contribution in [0.4, 0.5) is 0 Å². The van der Waals surface area contributed by atoms with Crippen molar-refractivity contribution in [1.82, 2.24) is 14.7 Å². The normalized spacial score (nSPS) is 14.6. The molecule has 3 rings (SSSR count). The largest absolute Gasteiger partial charge is 0.477 e. The topological polar surface area (TPSA) is 30.3 Å². The van der Waals surface area contributed by atoms with Crippen LogP contribution in [-0.2, 0) is 0 Å². The number of aromatic nitrogens is 2. The fourth-order valence-electron chi connectivity index (χ4n) is 2.87. The summed E-state index contributed by atoms with van der Waals surface area (Å²) in [6.07, 6.45) is 3.68. The van der Waals surface area contributed by atoms with Crippen LogP contribution in [0.1, 0.15) is 25.0 Å². The first-order valence-corrected chi connectivity index (χ1v) is 8.76. The molecule has 1 aromatic carbocycles. The summed E-state index contributed by atoms with van der Waals surface area (Å²) in [5.74, 6) is 0.648. The maximum atomic E-state index is 6.08. The standard InChI is InChI=1S/C17H21Cl2N3O.ClH/c1-13-11-17(23-10-4-9-21-7-2-3-8-21)20-22(13)14-5-6-15(18)16(19)12-14;/h5-6,11-12H,2-4,7-10H2,1H3;1H. The number of likely N-dealkylation sites (tertiary alicyclic amines) is 1. The molecule has 0 aliphatic carbocycles. The quantitative estimate of drug-likeness (QED) is 0.665. The Morgan fingerprint density at radius 1 is 1.12 bits per heavy atom. The van der Waals surface area contributed by atoms with Crippen molar-refractivity contribution in [1.29, 1.82) is 0 Å². The summed E-state index contributed by atoms with van der Waals surface area (Å²) in [5.41, 5.74) is 1.88. The third-order valence-corrected chi connectivity index (χ3v) is 4.82. The number of hydrogen-bond donors (Lipinski definition) is 0. The maximum absolute atomic E-state index is 6.08. The van der Waals surface area contributed by atoms with Gasteiger partial charge in [-0.05, 0) is 57.5 Å². The molecule has 0 atom stereocenters. The van der Waals surface area contributed by atoms with Gasteiger partial charge in [-0.1, -0.05) is 23.2 Å². The Morgan fingerprint density at radius 2 is 1.88 bits per heavy atom. The zero-order valence-corrected chi connectivity index (χ0v) is 16.0. The Hall–Kier alpha value is -0.940. The number of nitrogens with zero attached hydrogens (tertiary/aromatic N) is 3. The van der Waals surface area contributed by atoms with Crippen LogP contribution < -0.4 is 4.74 Å². The summed E-state index contributed by atoms with van der Waals surface area (Å²) in [5, 5.41) is 5.56. The lowest BCUT2D eigenvalue weighted by Gasteiger charge is -2.13. The molecule has 1 saturated heterocycles. The average molecular weight is 391 g/mol. The molecule has 0 N–H and O–H groups in total. The summed E-state index contributed by atoms with van der Waals surface area (Å²) in [7, 11) is 0. The first kappa shape index (κ1) is 19.4. The van der Waals surface area contributed by atoms with Gasteiger partial charge in [0.1, 0.15) is 0 Å². The lowest BCUT2D eigenvalue weighted by Crippen LogP contribution is -2.21. The van der Waals surface area contributed by atoms with E-state index in [1.54, 1.807) is 12.1 Å². The highest BCUT2D eigenvalue weighted by Gasteiger charge is 2.11. The molecule has 0 radical (unpaired) electrons. The van der Waals surface area contributed by atoms with Crippen LogP contribution in [0.5, 0.6) is 5.88 Å². The van der Waals surface area contributed by atoms with E-state index in [9.17, 15) is 0 Å². The fraction of sp³-hybridized carbons (Fsp3) is 0.471. The van der Waals surface area contributed by atoms with Crippen molar-refractivity contribution in [2.75, 3.05) is 26.2 Å². The van der Waals surface area contributed by atoms with Gasteiger partial charge >= 0.3 is 0 Å². The van der Waals surface area contributed by atoms with Gasteiger partial charge in [0.15, 0.2) is 0 Å². The zero-order valence-electron chi connectivity index (χ0n) is 13.7. The third-order valence-electron chi connectivity index (χ3n) is 4.08. The highest BCUT2D eigenvalue weighted by atomic mass is 35.5. The van der Waals surface area contributed by atoms with Crippen LogP contribution in [0.15, 0.2) is 24.3 Å². The molecular weight excluding hydrogens is 369 g/mol. The van der Waals surface area contributed by atoms with E-state index in [1.165, 1.54) is 25.9 Å². The Bertz CT molecular complexity index is 669. The van der Waals surface area contributed by atoms with E-state index in [2.05, 4.69) is 10.00 Å². The second-order valence-corrected chi connectivity index (χ2v) is 6.70. The van der Waals surface area contributed by atoms with Crippen LogP contribution in [0, 0.1) is 6.92 Å². The molecule has 0 spiro atoms. The number of rotatable bonds is 6. The minimum Gasteiger partial charge on any atom is -0.477 e. The second-order valence-electron chi connectivity index (χ2n) is 5.88. The van der Waals surface area contributed by atoms with Gasteiger partial charge in [-0.15, -0.1) is 17.5 Å². The lowest BCUT2D eigenvalue weighted by atomic mass is 10.3. The third kappa shape index (κ3) is 4.79. The molecule has 7 heteroatoms. The predicted octanol–water partition coefficient (Wildman–Crippen LogP) is 4.77. The molecule has 1 aromatic heterocycles. The van der Waals surface area contributed by atoms with E-state index in [1.807, 2.05) is 23.7 Å². The first-order valence-electron chi connectivity index (χ1n) is 8.01. The first-order chi connectivity index (χ1) is 11.1. The number of halogens is 3. The Kier molecular flexibility index (Phi) is 7.23. The van der Waals surface area contributed by atoms with Gasteiger partial charge in [0.2, 0.25) is 5.88 Å². The fourth-order valence-corrected chi connectivity index (χ4v) is 3.16. The van der Waals surface area contributed by atoms with Crippen molar-refractivity contribution in [2.45, 2.75) is 26.2 Å². The average Bonchev–Trinajstić information content (AvgIpc) is 3.16. The van der Waals surface area contributed by atoms with E-state index < -0.39 is 0 Å². The molecular formula is C17H22Cl3N3O. The molecule has 0 unspecified atom stereocenters. The number of hydrogen-bond acceptors (Lipinski definition) is 3. The molecule has 132 valence electrons. The molecule has 1 aliphatic rings.